The fourth-order valence-corrected chi connectivity index (χ4v) is 4.04. The lowest BCUT2D eigenvalue weighted by Gasteiger charge is -2.34. The lowest BCUT2D eigenvalue weighted by atomic mass is 10.1. The molecule has 0 saturated carbocycles. The molecule has 2 aromatic carbocycles. The standard InChI is InChI=1S/C27H33N3/c1-28-18-20-30(21-19-28)26-14-11-23(12-15-26)8-6-4-3-5-7-9-24-10-13-25-16-17-29(2)27(25)22-24/h6-17,22H,3-5,18-21H2,1-2H3/b8-6+,9-7+. The average Bonchev–Trinajstić information content (AvgIpc) is 3.14. The molecule has 0 radical (unpaired) electrons. The van der Waals surface area contributed by atoms with Gasteiger partial charge in [0.1, 0.15) is 0 Å². The Morgan fingerprint density at radius 2 is 1.43 bits per heavy atom. The zero-order valence-corrected chi connectivity index (χ0v) is 18.3. The summed E-state index contributed by atoms with van der Waals surface area (Å²) in [7, 11) is 4.30. The number of rotatable bonds is 7. The van der Waals surface area contributed by atoms with E-state index in [1.54, 1.807) is 0 Å². The third-order valence-electron chi connectivity index (χ3n) is 6.04. The number of anilines is 1. The van der Waals surface area contributed by atoms with Gasteiger partial charge in [-0.3, -0.25) is 0 Å². The van der Waals surface area contributed by atoms with E-state index >= 15 is 0 Å². The van der Waals surface area contributed by atoms with Crippen LogP contribution in [0, 0.1) is 0 Å². The van der Waals surface area contributed by atoms with Crippen LogP contribution in [-0.2, 0) is 7.05 Å². The molecule has 1 aliphatic heterocycles. The summed E-state index contributed by atoms with van der Waals surface area (Å²) in [4.78, 5) is 4.87. The SMILES string of the molecule is CN1CCN(c2ccc(/C=C/CCC/C=C/c3ccc4ccn(C)c4c3)cc2)CC1. The predicted octanol–water partition coefficient (Wildman–Crippen LogP) is 5.83. The number of likely N-dealkylation sites (N-methyl/N-ethyl adjacent to an activating group) is 1. The highest BCUT2D eigenvalue weighted by molar-refractivity contribution is 5.82. The number of allylic oxidation sites excluding steroid dienone is 2. The summed E-state index contributed by atoms with van der Waals surface area (Å²) in [6.45, 7) is 4.55. The van der Waals surface area contributed by atoms with Crippen molar-refractivity contribution in [2.45, 2.75) is 19.3 Å². The summed E-state index contributed by atoms with van der Waals surface area (Å²) in [5, 5.41) is 1.30. The van der Waals surface area contributed by atoms with Crippen LogP contribution in [-0.4, -0.2) is 42.7 Å². The van der Waals surface area contributed by atoms with Crippen molar-refractivity contribution >= 4 is 28.7 Å². The van der Waals surface area contributed by atoms with E-state index in [4.69, 9.17) is 0 Å². The highest BCUT2D eigenvalue weighted by Crippen LogP contribution is 2.19. The van der Waals surface area contributed by atoms with Gasteiger partial charge in [-0.2, -0.15) is 0 Å². The van der Waals surface area contributed by atoms with Crippen molar-refractivity contribution in [3.63, 3.8) is 0 Å². The second-order valence-corrected chi connectivity index (χ2v) is 8.36. The van der Waals surface area contributed by atoms with Gasteiger partial charge in [-0.1, -0.05) is 48.6 Å². The number of nitrogens with zero attached hydrogens (tertiary/aromatic N) is 3. The van der Waals surface area contributed by atoms with E-state index in [1.165, 1.54) is 34.1 Å². The summed E-state index contributed by atoms with van der Waals surface area (Å²) in [6.07, 6.45) is 14.6. The number of benzene rings is 2. The van der Waals surface area contributed by atoms with E-state index in [9.17, 15) is 0 Å². The molecule has 30 heavy (non-hydrogen) atoms. The highest BCUT2D eigenvalue weighted by Gasteiger charge is 2.13. The fraction of sp³-hybridized carbons (Fsp3) is 0.333. The van der Waals surface area contributed by atoms with Crippen LogP contribution >= 0.6 is 0 Å². The molecule has 0 amide bonds. The molecule has 156 valence electrons. The minimum atomic E-state index is 1.11. The van der Waals surface area contributed by atoms with Crippen LogP contribution < -0.4 is 4.90 Å². The molecular weight excluding hydrogens is 366 g/mol. The molecule has 3 nitrogen and oxygen atoms in total. The summed E-state index contributed by atoms with van der Waals surface area (Å²) in [5.41, 5.74) is 5.21. The van der Waals surface area contributed by atoms with Gasteiger partial charge in [0.15, 0.2) is 0 Å². The second-order valence-electron chi connectivity index (χ2n) is 8.36. The Balaban J connectivity index is 1.20. The van der Waals surface area contributed by atoms with E-state index in [-0.39, 0.29) is 0 Å². The summed E-state index contributed by atoms with van der Waals surface area (Å²) in [5.74, 6) is 0. The number of fused-ring (bicyclic) bond motifs is 1. The van der Waals surface area contributed by atoms with Crippen molar-refractivity contribution in [1.82, 2.24) is 9.47 Å². The quantitative estimate of drug-likeness (QED) is 0.463. The number of aromatic nitrogens is 1. The van der Waals surface area contributed by atoms with Gasteiger partial charge in [-0.05, 0) is 67.1 Å². The summed E-state index contributed by atoms with van der Waals surface area (Å²) < 4.78 is 2.18. The largest absolute Gasteiger partial charge is 0.369 e. The highest BCUT2D eigenvalue weighted by atomic mass is 15.2. The maximum Gasteiger partial charge on any atom is 0.0483 e. The van der Waals surface area contributed by atoms with Crippen LogP contribution in [0.3, 0.4) is 0 Å². The number of aryl methyl sites for hydroxylation is 1. The molecule has 0 aliphatic carbocycles. The van der Waals surface area contributed by atoms with Gasteiger partial charge >= 0.3 is 0 Å². The van der Waals surface area contributed by atoms with E-state index in [1.807, 2.05) is 0 Å². The lowest BCUT2D eigenvalue weighted by molar-refractivity contribution is 0.313. The molecule has 0 N–H and O–H groups in total. The molecule has 1 aromatic heterocycles. The zero-order chi connectivity index (χ0) is 20.8. The monoisotopic (exact) mass is 399 g/mol. The molecule has 0 spiro atoms. The lowest BCUT2D eigenvalue weighted by Crippen LogP contribution is -2.44. The Bertz CT molecular complexity index is 1000. The molecule has 1 saturated heterocycles. The molecule has 0 bridgehead atoms. The van der Waals surface area contributed by atoms with Gasteiger partial charge in [0.25, 0.3) is 0 Å². The van der Waals surface area contributed by atoms with E-state index < -0.39 is 0 Å². The summed E-state index contributed by atoms with van der Waals surface area (Å²) in [6, 6.07) is 17.8. The molecule has 4 rings (SSSR count). The van der Waals surface area contributed by atoms with Crippen molar-refractivity contribution in [3.05, 3.63) is 78.0 Å². The maximum absolute atomic E-state index is 2.48. The first kappa shape index (κ1) is 20.5. The number of hydrogen-bond donors (Lipinski definition) is 0. The average molecular weight is 400 g/mol. The van der Waals surface area contributed by atoms with Crippen LogP contribution in [0.25, 0.3) is 23.1 Å². The second kappa shape index (κ2) is 9.82. The fourth-order valence-electron chi connectivity index (χ4n) is 4.04. The predicted molar refractivity (Wildman–Crippen MR) is 131 cm³/mol. The van der Waals surface area contributed by atoms with Crippen LogP contribution in [0.15, 0.2) is 66.9 Å². The Morgan fingerprint density at radius 1 is 0.767 bits per heavy atom. The smallest absolute Gasteiger partial charge is 0.0483 e. The van der Waals surface area contributed by atoms with Crippen molar-refractivity contribution < 1.29 is 0 Å². The van der Waals surface area contributed by atoms with Crippen molar-refractivity contribution in [1.29, 1.82) is 0 Å². The third kappa shape index (κ3) is 5.22. The van der Waals surface area contributed by atoms with Gasteiger partial charge in [-0.25, -0.2) is 0 Å². The van der Waals surface area contributed by atoms with E-state index in [2.05, 4.69) is 107 Å². The number of hydrogen-bond acceptors (Lipinski definition) is 2. The minimum Gasteiger partial charge on any atom is -0.369 e. The van der Waals surface area contributed by atoms with Crippen LogP contribution in [0.5, 0.6) is 0 Å². The first-order valence-electron chi connectivity index (χ1n) is 11.1. The van der Waals surface area contributed by atoms with E-state index in [0.29, 0.717) is 0 Å². The molecule has 1 aliphatic rings. The third-order valence-corrected chi connectivity index (χ3v) is 6.04. The van der Waals surface area contributed by atoms with Crippen molar-refractivity contribution in [2.24, 2.45) is 7.05 Å². The topological polar surface area (TPSA) is 11.4 Å². The molecule has 1 fully saturated rings. The molecular formula is C27H33N3. The van der Waals surface area contributed by atoms with Gasteiger partial charge in [0.2, 0.25) is 0 Å². The Hall–Kier alpha value is -2.78. The molecule has 3 heteroatoms. The van der Waals surface area contributed by atoms with E-state index in [0.717, 1.165) is 39.0 Å². The zero-order valence-electron chi connectivity index (χ0n) is 18.3. The normalized spacial score (nSPS) is 15.7. The first-order chi connectivity index (χ1) is 14.7. The van der Waals surface area contributed by atoms with Gasteiger partial charge < -0.3 is 14.4 Å². The Morgan fingerprint density at radius 3 is 2.17 bits per heavy atom. The Labute approximate surface area is 180 Å². The number of unbranched alkanes of at least 4 members (excludes halogenated alkanes) is 2. The molecule has 0 unspecified atom stereocenters. The van der Waals surface area contributed by atoms with Gasteiger partial charge in [0.05, 0.1) is 0 Å². The van der Waals surface area contributed by atoms with Crippen molar-refractivity contribution in [2.75, 3.05) is 38.1 Å². The molecule has 3 aromatic rings. The van der Waals surface area contributed by atoms with Crippen LogP contribution in [0.2, 0.25) is 0 Å². The first-order valence-corrected chi connectivity index (χ1v) is 11.1. The number of piperazine rings is 1. The Kier molecular flexibility index (Phi) is 6.70. The van der Waals surface area contributed by atoms with Crippen LogP contribution in [0.1, 0.15) is 30.4 Å². The van der Waals surface area contributed by atoms with Gasteiger partial charge in [0, 0.05) is 50.6 Å². The minimum absolute atomic E-state index is 1.11. The molecule has 0 atom stereocenters. The maximum atomic E-state index is 2.48. The van der Waals surface area contributed by atoms with Crippen LogP contribution in [0.4, 0.5) is 5.69 Å². The van der Waals surface area contributed by atoms with Crippen molar-refractivity contribution in [3.8, 4) is 0 Å². The molecule has 2 heterocycles. The summed E-state index contributed by atoms with van der Waals surface area (Å²) >= 11 is 0. The van der Waals surface area contributed by atoms with Gasteiger partial charge in [-0.15, -0.1) is 0 Å².